The van der Waals surface area contributed by atoms with E-state index < -0.39 is 0 Å². The van der Waals surface area contributed by atoms with E-state index in [1.807, 2.05) is 0 Å². The molecule has 2 fully saturated rings. The third-order valence-electron chi connectivity index (χ3n) is 2.63. The smallest absolute Gasteiger partial charge is 0.269 e. The minimum atomic E-state index is -0.389. The van der Waals surface area contributed by atoms with Gasteiger partial charge in [0.05, 0.1) is 5.12 Å². The lowest BCUT2D eigenvalue weighted by molar-refractivity contribution is -0.170. The summed E-state index contributed by atoms with van der Waals surface area (Å²) in [5, 5.41) is 2.72. The highest BCUT2D eigenvalue weighted by Gasteiger charge is 2.49. The Kier molecular flexibility index (Phi) is 2.47. The Morgan fingerprint density at radius 3 is 1.25 bits per heavy atom. The zero-order valence-corrected chi connectivity index (χ0v) is 8.80. The minimum absolute atomic E-state index is 0.124. The van der Waals surface area contributed by atoms with Crippen LogP contribution in [0.4, 0.5) is 0 Å². The summed E-state index contributed by atoms with van der Waals surface area (Å²) in [5.41, 5.74) is 0. The van der Waals surface area contributed by atoms with Crippen molar-refractivity contribution >= 4 is 23.6 Å². The molecule has 1 radical (unpaired) electrons. The molecule has 2 heterocycles. The summed E-state index contributed by atoms with van der Waals surface area (Å²) >= 11 is 0. The summed E-state index contributed by atoms with van der Waals surface area (Å²) in [5.74, 6) is -1.56. The molecular formula is C9H11N3O4+. The molecule has 2 saturated heterocycles. The fourth-order valence-electron chi connectivity index (χ4n) is 1.86. The second-order valence-electron chi connectivity index (χ2n) is 3.69. The first-order chi connectivity index (χ1) is 7.52. The predicted octanol–water partition coefficient (Wildman–Crippen LogP) is -1.12. The van der Waals surface area contributed by atoms with Gasteiger partial charge in [0.25, 0.3) is 23.6 Å². The number of amides is 4. The molecule has 0 aliphatic carbocycles. The van der Waals surface area contributed by atoms with Crippen LogP contribution in [-0.2, 0) is 19.2 Å². The van der Waals surface area contributed by atoms with Crippen LogP contribution in [0.25, 0.3) is 0 Å². The largest absolute Gasteiger partial charge is 0.285 e. The second kappa shape index (κ2) is 3.67. The van der Waals surface area contributed by atoms with Crippen molar-refractivity contribution < 1.29 is 19.2 Å². The molecule has 0 unspecified atom stereocenters. The van der Waals surface area contributed by atoms with E-state index in [1.54, 1.807) is 0 Å². The molecule has 16 heavy (non-hydrogen) atoms. The molecular weight excluding hydrogens is 214 g/mol. The highest BCUT2D eigenvalue weighted by atomic mass is 16.2. The fraction of sp³-hybridized carbons (Fsp3) is 0.556. The van der Waals surface area contributed by atoms with E-state index in [0.29, 0.717) is 0 Å². The first-order valence-electron chi connectivity index (χ1n) is 4.97. The van der Waals surface area contributed by atoms with Gasteiger partial charge in [0.15, 0.2) is 7.05 Å². The highest BCUT2D eigenvalue weighted by Crippen LogP contribution is 2.18. The lowest BCUT2D eigenvalue weighted by Crippen LogP contribution is -2.59. The number of imide groups is 2. The van der Waals surface area contributed by atoms with Crippen LogP contribution >= 0.6 is 0 Å². The molecule has 0 N–H and O–H groups in total. The Labute approximate surface area is 91.5 Å². The summed E-state index contributed by atoms with van der Waals surface area (Å²) in [7, 11) is 1.36. The maximum absolute atomic E-state index is 11.4. The Morgan fingerprint density at radius 1 is 0.750 bits per heavy atom. The van der Waals surface area contributed by atoms with Crippen LogP contribution in [0.5, 0.6) is 0 Å². The van der Waals surface area contributed by atoms with Gasteiger partial charge in [-0.25, -0.2) is 0 Å². The van der Waals surface area contributed by atoms with E-state index in [0.717, 1.165) is 15.1 Å². The summed E-state index contributed by atoms with van der Waals surface area (Å²) in [6, 6.07) is 0. The van der Waals surface area contributed by atoms with Crippen molar-refractivity contribution in [1.29, 1.82) is 0 Å². The molecule has 0 aromatic heterocycles. The third-order valence-corrected chi connectivity index (χ3v) is 2.63. The fourth-order valence-corrected chi connectivity index (χ4v) is 1.86. The lowest BCUT2D eigenvalue weighted by Gasteiger charge is -2.18. The van der Waals surface area contributed by atoms with E-state index in [4.69, 9.17) is 0 Å². The summed E-state index contributed by atoms with van der Waals surface area (Å²) in [6.45, 7) is 0. The van der Waals surface area contributed by atoms with Gasteiger partial charge in [-0.15, -0.1) is 0 Å². The number of hydrogen-bond acceptors (Lipinski definition) is 5. The van der Waals surface area contributed by atoms with Crippen molar-refractivity contribution in [3.63, 3.8) is 0 Å². The summed E-state index contributed by atoms with van der Waals surface area (Å²) in [4.78, 5) is 45.6. The molecule has 2 aliphatic rings. The van der Waals surface area contributed by atoms with E-state index in [1.165, 1.54) is 7.05 Å². The Morgan fingerprint density at radius 2 is 1.00 bits per heavy atom. The van der Waals surface area contributed by atoms with Gasteiger partial charge in [-0.05, 0) is 10.0 Å². The predicted molar refractivity (Wildman–Crippen MR) is 50.2 cm³/mol. The van der Waals surface area contributed by atoms with Gasteiger partial charge in [-0.1, -0.05) is 0 Å². The molecule has 0 aromatic carbocycles. The van der Waals surface area contributed by atoms with Crippen molar-refractivity contribution in [2.75, 3.05) is 7.05 Å². The van der Waals surface area contributed by atoms with Crippen LogP contribution in [0.1, 0.15) is 25.7 Å². The number of hydrazine groups is 2. The first-order valence-corrected chi connectivity index (χ1v) is 4.97. The molecule has 0 saturated carbocycles. The monoisotopic (exact) mass is 225 g/mol. The van der Waals surface area contributed by atoms with Crippen LogP contribution in [0, 0.1) is 0 Å². The average Bonchev–Trinajstić information content (AvgIpc) is 2.71. The normalized spacial score (nSPS) is 21.9. The number of carbonyl (C=O) groups is 4. The quantitative estimate of drug-likeness (QED) is 0.440. The van der Waals surface area contributed by atoms with Gasteiger partial charge in [-0.2, -0.15) is 0 Å². The molecule has 2 rings (SSSR count). The van der Waals surface area contributed by atoms with Crippen LogP contribution < -0.4 is 5.12 Å². The summed E-state index contributed by atoms with van der Waals surface area (Å²) in [6.07, 6.45) is 0.498. The van der Waals surface area contributed by atoms with Crippen LogP contribution in [0.2, 0.25) is 0 Å². The first kappa shape index (κ1) is 10.7. The Bertz CT molecular complexity index is 324. The molecule has 2 aliphatic heterocycles. The van der Waals surface area contributed by atoms with Crippen LogP contribution in [-0.4, -0.2) is 40.7 Å². The SMILES string of the molecule is C[N+](N1C(=O)CCC1=O)N1C(=O)CCC1=O. The molecule has 7 nitrogen and oxygen atoms in total. The van der Waals surface area contributed by atoms with E-state index in [2.05, 4.69) is 0 Å². The highest BCUT2D eigenvalue weighted by molar-refractivity contribution is 6.04. The van der Waals surface area contributed by atoms with Gasteiger partial charge >= 0.3 is 0 Å². The molecule has 0 aromatic rings. The molecule has 0 spiro atoms. The molecule has 7 heteroatoms. The number of rotatable bonds is 2. The van der Waals surface area contributed by atoms with Crippen LogP contribution in [0.15, 0.2) is 0 Å². The topological polar surface area (TPSA) is 80.7 Å². The molecule has 85 valence electrons. The average molecular weight is 225 g/mol. The van der Waals surface area contributed by atoms with Crippen molar-refractivity contribution in [2.24, 2.45) is 0 Å². The van der Waals surface area contributed by atoms with Crippen molar-refractivity contribution in [1.82, 2.24) is 15.1 Å². The molecule has 4 amide bonds. The van der Waals surface area contributed by atoms with E-state index in [-0.39, 0.29) is 49.3 Å². The minimum Gasteiger partial charge on any atom is -0.269 e. The van der Waals surface area contributed by atoms with Gasteiger partial charge in [0, 0.05) is 25.7 Å². The van der Waals surface area contributed by atoms with Gasteiger partial charge in [0.2, 0.25) is 0 Å². The number of nitrogens with zero attached hydrogens (tertiary/aromatic N) is 3. The van der Waals surface area contributed by atoms with Gasteiger partial charge in [0.1, 0.15) is 0 Å². The number of hydrogen-bond donors (Lipinski definition) is 0. The zero-order valence-electron chi connectivity index (χ0n) is 8.80. The maximum Gasteiger partial charge on any atom is 0.285 e. The van der Waals surface area contributed by atoms with Gasteiger partial charge in [-0.3, -0.25) is 19.2 Å². The van der Waals surface area contributed by atoms with E-state index >= 15 is 0 Å². The summed E-state index contributed by atoms with van der Waals surface area (Å²) < 4.78 is 0. The van der Waals surface area contributed by atoms with Crippen LogP contribution in [0.3, 0.4) is 0 Å². The number of carbonyl (C=O) groups excluding carboxylic acids is 4. The molecule has 0 bridgehead atoms. The maximum atomic E-state index is 11.4. The van der Waals surface area contributed by atoms with Crippen molar-refractivity contribution in [2.45, 2.75) is 25.7 Å². The van der Waals surface area contributed by atoms with Gasteiger partial charge < -0.3 is 0 Å². The molecule has 0 atom stereocenters. The lowest BCUT2D eigenvalue weighted by atomic mass is 10.4. The van der Waals surface area contributed by atoms with E-state index in [9.17, 15) is 19.2 Å². The zero-order chi connectivity index (χ0) is 11.9. The Balaban J connectivity index is 2.21. The van der Waals surface area contributed by atoms with Crippen molar-refractivity contribution in [3.05, 3.63) is 0 Å². The third kappa shape index (κ3) is 1.49. The van der Waals surface area contributed by atoms with Crippen molar-refractivity contribution in [3.8, 4) is 0 Å². The Hall–Kier alpha value is -1.76. The standard InChI is InChI=1S/C9H11N3O4/c1-10(11-6(13)2-3-7(11)14)12-8(15)4-5-9(12)16/h2-5H2,1H3/q+1. The second-order valence-corrected chi connectivity index (χ2v) is 3.69.